The molecule has 23 heavy (non-hydrogen) atoms. The number of hydrogen-bond acceptors (Lipinski definition) is 6. The molecule has 1 aliphatic heterocycles. The fourth-order valence-electron chi connectivity index (χ4n) is 2.36. The van der Waals surface area contributed by atoms with Crippen LogP contribution in [0, 0.1) is 6.92 Å². The molecule has 1 aliphatic rings. The molecule has 1 aromatic heterocycles. The second kappa shape index (κ2) is 7.69. The summed E-state index contributed by atoms with van der Waals surface area (Å²) < 4.78 is 17.8. The Bertz CT molecular complexity index is 665. The zero-order chi connectivity index (χ0) is 17.0. The van der Waals surface area contributed by atoms with Crippen LogP contribution >= 0.6 is 0 Å². The van der Waals surface area contributed by atoms with Crippen LogP contribution in [0.4, 0.5) is 0 Å². The monoisotopic (exact) mass is 326 g/mol. The van der Waals surface area contributed by atoms with Crippen molar-refractivity contribution in [1.29, 1.82) is 0 Å². The van der Waals surface area contributed by atoms with Gasteiger partial charge in [0.1, 0.15) is 19.1 Å². The van der Waals surface area contributed by atoms with E-state index in [4.69, 9.17) is 14.2 Å². The maximum atomic E-state index is 11.9. The normalized spacial score (nSPS) is 24.0. The number of nitrogens with zero attached hydrogens (tertiary/aromatic N) is 1. The van der Waals surface area contributed by atoms with E-state index in [1.165, 1.54) is 10.8 Å². The minimum atomic E-state index is -0.610. The first-order valence-electron chi connectivity index (χ1n) is 7.34. The fraction of sp³-hybridized carbons (Fsp3) is 0.600. The van der Waals surface area contributed by atoms with Crippen LogP contribution in [0.1, 0.15) is 25.1 Å². The molecule has 0 spiro atoms. The van der Waals surface area contributed by atoms with Gasteiger partial charge in [-0.05, 0) is 13.8 Å². The van der Waals surface area contributed by atoms with E-state index in [9.17, 15) is 14.7 Å². The van der Waals surface area contributed by atoms with Gasteiger partial charge in [0.15, 0.2) is 0 Å². The minimum absolute atomic E-state index is 0.0453. The van der Waals surface area contributed by atoms with Gasteiger partial charge in [-0.1, -0.05) is 12.2 Å². The van der Waals surface area contributed by atoms with Crippen LogP contribution in [0.25, 0.3) is 0 Å². The molecule has 1 saturated heterocycles. The molecule has 8 heteroatoms. The lowest BCUT2D eigenvalue weighted by atomic mass is 10.2. The minimum Gasteiger partial charge on any atom is -0.394 e. The van der Waals surface area contributed by atoms with Gasteiger partial charge in [-0.3, -0.25) is 14.3 Å². The number of aliphatic hydroxyl groups is 1. The molecular formula is C15H22N2O6. The Kier molecular flexibility index (Phi) is 5.89. The summed E-state index contributed by atoms with van der Waals surface area (Å²) in [5.74, 6) is 0. The number of nitrogens with one attached hydrogen (secondary N) is 1. The molecule has 0 bridgehead atoms. The van der Waals surface area contributed by atoms with Gasteiger partial charge in [-0.25, -0.2) is 4.79 Å². The highest BCUT2D eigenvalue weighted by Gasteiger charge is 2.37. The van der Waals surface area contributed by atoms with Gasteiger partial charge in [-0.2, -0.15) is 0 Å². The van der Waals surface area contributed by atoms with E-state index in [-0.39, 0.29) is 13.4 Å². The van der Waals surface area contributed by atoms with Crippen molar-refractivity contribution in [2.75, 3.05) is 20.0 Å². The van der Waals surface area contributed by atoms with E-state index in [1.807, 2.05) is 6.92 Å². The zero-order valence-corrected chi connectivity index (χ0v) is 13.3. The maximum absolute atomic E-state index is 11.9. The van der Waals surface area contributed by atoms with E-state index in [0.717, 1.165) is 5.57 Å². The predicted octanol–water partition coefficient (Wildman–Crippen LogP) is 0.0602. The van der Waals surface area contributed by atoms with Gasteiger partial charge in [-0.15, -0.1) is 0 Å². The Morgan fingerprint density at radius 1 is 1.57 bits per heavy atom. The third-order valence-electron chi connectivity index (χ3n) is 3.53. The van der Waals surface area contributed by atoms with Gasteiger partial charge in [0.2, 0.25) is 0 Å². The average molecular weight is 326 g/mol. The molecule has 8 nitrogen and oxygen atoms in total. The van der Waals surface area contributed by atoms with Gasteiger partial charge < -0.3 is 19.3 Å². The van der Waals surface area contributed by atoms with Gasteiger partial charge >= 0.3 is 5.69 Å². The number of rotatable bonds is 7. The molecule has 1 aromatic rings. The summed E-state index contributed by atoms with van der Waals surface area (Å²) in [5, 5.41) is 9.41. The molecule has 2 heterocycles. The number of hydrogen-bond donors (Lipinski definition) is 2. The first-order valence-corrected chi connectivity index (χ1v) is 7.34. The summed E-state index contributed by atoms with van der Waals surface area (Å²) in [4.78, 5) is 25.6. The van der Waals surface area contributed by atoms with Crippen LogP contribution in [0.15, 0.2) is 27.9 Å². The Hall–Kier alpha value is -1.74. The van der Waals surface area contributed by atoms with E-state index in [2.05, 4.69) is 11.6 Å². The topological polar surface area (TPSA) is 103 Å². The number of aromatic amines is 1. The van der Waals surface area contributed by atoms with Crippen LogP contribution < -0.4 is 11.2 Å². The van der Waals surface area contributed by atoms with Crippen molar-refractivity contribution in [2.24, 2.45) is 0 Å². The lowest BCUT2D eigenvalue weighted by Crippen LogP contribution is -2.33. The summed E-state index contributed by atoms with van der Waals surface area (Å²) >= 11 is 0. The summed E-state index contributed by atoms with van der Waals surface area (Å²) in [6, 6.07) is 0. The number of aromatic nitrogens is 2. The smallest absolute Gasteiger partial charge is 0.330 e. The molecule has 2 rings (SSSR count). The number of H-pyrrole nitrogens is 1. The highest BCUT2D eigenvalue weighted by atomic mass is 16.7. The van der Waals surface area contributed by atoms with Crippen molar-refractivity contribution in [1.82, 2.24) is 9.55 Å². The van der Waals surface area contributed by atoms with Crippen molar-refractivity contribution in [3.8, 4) is 0 Å². The first-order chi connectivity index (χ1) is 10.9. The molecule has 0 aliphatic carbocycles. The standard InChI is InChI=1S/C15H22N2O6/c1-9(2)7-21-8-22-11-4-13(23-12(11)6-18)17-5-10(3)14(19)16-15(17)20/h5,11-13,18H,1,4,6-8H2,2-3H3,(H,16,19,20). The molecule has 0 saturated carbocycles. The third kappa shape index (κ3) is 4.38. The molecule has 0 radical (unpaired) electrons. The lowest BCUT2D eigenvalue weighted by molar-refractivity contribution is -0.115. The predicted molar refractivity (Wildman–Crippen MR) is 82.2 cm³/mol. The number of aliphatic hydroxyl groups excluding tert-OH is 1. The van der Waals surface area contributed by atoms with Crippen LogP contribution in [0.5, 0.6) is 0 Å². The van der Waals surface area contributed by atoms with Crippen molar-refractivity contribution in [3.05, 3.63) is 44.8 Å². The molecule has 128 valence electrons. The third-order valence-corrected chi connectivity index (χ3v) is 3.53. The lowest BCUT2D eigenvalue weighted by Gasteiger charge is -2.16. The quantitative estimate of drug-likeness (QED) is 0.417. The second-order valence-corrected chi connectivity index (χ2v) is 5.65. The molecule has 0 amide bonds. The number of ether oxygens (including phenoxy) is 3. The largest absolute Gasteiger partial charge is 0.394 e. The van der Waals surface area contributed by atoms with Crippen LogP contribution in [0.2, 0.25) is 0 Å². The summed E-state index contributed by atoms with van der Waals surface area (Å²) in [5.41, 5.74) is 0.302. The van der Waals surface area contributed by atoms with E-state index < -0.39 is 29.7 Å². The summed E-state index contributed by atoms with van der Waals surface area (Å²) in [7, 11) is 0. The van der Waals surface area contributed by atoms with Crippen LogP contribution in [-0.2, 0) is 14.2 Å². The van der Waals surface area contributed by atoms with Crippen molar-refractivity contribution in [3.63, 3.8) is 0 Å². The Morgan fingerprint density at radius 3 is 2.96 bits per heavy atom. The van der Waals surface area contributed by atoms with Crippen molar-refractivity contribution < 1.29 is 19.3 Å². The Morgan fingerprint density at radius 2 is 2.30 bits per heavy atom. The number of aryl methyl sites for hydroxylation is 1. The van der Waals surface area contributed by atoms with Crippen molar-refractivity contribution >= 4 is 0 Å². The Labute approximate surface area is 133 Å². The molecular weight excluding hydrogens is 304 g/mol. The SMILES string of the molecule is C=C(C)COCOC1CC(n2cc(C)c(=O)[nH]c2=O)OC1CO. The van der Waals surface area contributed by atoms with Gasteiger partial charge in [0, 0.05) is 18.2 Å². The second-order valence-electron chi connectivity index (χ2n) is 5.65. The molecule has 2 N–H and O–H groups in total. The highest BCUT2D eigenvalue weighted by molar-refractivity contribution is 5.02. The maximum Gasteiger partial charge on any atom is 0.330 e. The van der Waals surface area contributed by atoms with E-state index >= 15 is 0 Å². The van der Waals surface area contributed by atoms with Crippen LogP contribution in [-0.4, -0.2) is 46.9 Å². The van der Waals surface area contributed by atoms with E-state index in [0.29, 0.717) is 18.6 Å². The van der Waals surface area contributed by atoms with Gasteiger partial charge in [0.25, 0.3) is 5.56 Å². The highest BCUT2D eigenvalue weighted by Crippen LogP contribution is 2.29. The first kappa shape index (κ1) is 17.6. The summed E-state index contributed by atoms with van der Waals surface area (Å²) in [6.45, 7) is 7.36. The van der Waals surface area contributed by atoms with Crippen molar-refractivity contribution in [2.45, 2.75) is 38.7 Å². The van der Waals surface area contributed by atoms with Crippen LogP contribution in [0.3, 0.4) is 0 Å². The molecule has 3 unspecified atom stereocenters. The van der Waals surface area contributed by atoms with E-state index in [1.54, 1.807) is 6.92 Å². The summed E-state index contributed by atoms with van der Waals surface area (Å²) in [6.07, 6.45) is 0.232. The average Bonchev–Trinajstić information content (AvgIpc) is 2.90. The van der Waals surface area contributed by atoms with Gasteiger partial charge in [0.05, 0.1) is 19.3 Å². The molecule has 1 fully saturated rings. The molecule has 0 aromatic carbocycles. The molecule has 3 atom stereocenters. The fourth-order valence-corrected chi connectivity index (χ4v) is 2.36. The Balaban J connectivity index is 2.03. The zero-order valence-electron chi connectivity index (χ0n) is 13.3.